The molecule has 1 aromatic rings. The van der Waals surface area contributed by atoms with Crippen molar-refractivity contribution in [2.45, 2.75) is 19.4 Å². The summed E-state index contributed by atoms with van der Waals surface area (Å²) in [4.78, 5) is 18.7. The Morgan fingerprint density at radius 2 is 2.44 bits per heavy atom. The van der Waals surface area contributed by atoms with E-state index >= 15 is 0 Å². The zero-order chi connectivity index (χ0) is 10.8. The Labute approximate surface area is 105 Å². The predicted molar refractivity (Wildman–Crippen MR) is 67.5 cm³/mol. The normalized spacial score (nSPS) is 19.6. The second-order valence-corrected chi connectivity index (χ2v) is 5.00. The molecule has 0 spiro atoms. The van der Waals surface area contributed by atoms with Gasteiger partial charge in [0.2, 0.25) is 0 Å². The number of aromatic nitrogens is 1. The molecule has 0 radical (unpaired) electrons. The van der Waals surface area contributed by atoms with Gasteiger partial charge in [0.25, 0.3) is 5.91 Å². The van der Waals surface area contributed by atoms with Crippen molar-refractivity contribution in [2.75, 3.05) is 20.1 Å². The second kappa shape index (κ2) is 5.61. The average Bonchev–Trinajstić information content (AvgIpc) is 2.84. The highest BCUT2D eigenvalue weighted by molar-refractivity contribution is 7.13. The molecule has 4 nitrogen and oxygen atoms in total. The van der Waals surface area contributed by atoms with Crippen LogP contribution in [-0.2, 0) is 0 Å². The van der Waals surface area contributed by atoms with Gasteiger partial charge in [0, 0.05) is 19.1 Å². The van der Waals surface area contributed by atoms with Crippen molar-refractivity contribution in [1.29, 1.82) is 0 Å². The first-order valence-corrected chi connectivity index (χ1v) is 5.91. The minimum absolute atomic E-state index is 0. The second-order valence-electron chi connectivity index (χ2n) is 3.77. The highest BCUT2D eigenvalue weighted by Crippen LogP contribution is 2.17. The summed E-state index contributed by atoms with van der Waals surface area (Å²) in [5, 5.41) is 4.15. The van der Waals surface area contributed by atoms with Gasteiger partial charge in [-0.05, 0) is 20.4 Å². The molecule has 1 aliphatic heterocycles. The van der Waals surface area contributed by atoms with Crippen LogP contribution in [-0.4, -0.2) is 42.0 Å². The minimum Gasteiger partial charge on any atom is -0.336 e. The van der Waals surface area contributed by atoms with Crippen molar-refractivity contribution < 1.29 is 4.79 Å². The third kappa shape index (κ3) is 2.72. The van der Waals surface area contributed by atoms with Crippen molar-refractivity contribution >= 4 is 29.7 Å². The lowest BCUT2D eigenvalue weighted by Gasteiger charge is -2.14. The molecule has 1 atom stereocenters. The van der Waals surface area contributed by atoms with Crippen molar-refractivity contribution in [3.63, 3.8) is 0 Å². The molecule has 2 heterocycles. The van der Waals surface area contributed by atoms with Crippen LogP contribution in [0.1, 0.15) is 21.1 Å². The van der Waals surface area contributed by atoms with Crippen molar-refractivity contribution in [3.8, 4) is 0 Å². The van der Waals surface area contributed by atoms with Crippen LogP contribution in [0.3, 0.4) is 0 Å². The third-order valence-electron chi connectivity index (χ3n) is 2.72. The topological polar surface area (TPSA) is 45.2 Å². The van der Waals surface area contributed by atoms with Crippen LogP contribution in [0.15, 0.2) is 6.20 Å². The van der Waals surface area contributed by atoms with E-state index in [4.69, 9.17) is 0 Å². The molecule has 0 aliphatic carbocycles. The van der Waals surface area contributed by atoms with E-state index in [1.165, 1.54) is 11.3 Å². The van der Waals surface area contributed by atoms with Gasteiger partial charge in [0.05, 0.1) is 11.2 Å². The van der Waals surface area contributed by atoms with Crippen molar-refractivity contribution in [2.24, 2.45) is 0 Å². The summed E-state index contributed by atoms with van der Waals surface area (Å²) < 4.78 is 0. The number of halogens is 1. The molecule has 0 saturated carbocycles. The molecule has 1 fully saturated rings. The highest BCUT2D eigenvalue weighted by Gasteiger charge is 2.26. The molecule has 1 aliphatic rings. The van der Waals surface area contributed by atoms with Gasteiger partial charge >= 0.3 is 0 Å². The van der Waals surface area contributed by atoms with E-state index < -0.39 is 0 Å². The molecule has 90 valence electrons. The molecule has 0 bridgehead atoms. The van der Waals surface area contributed by atoms with Gasteiger partial charge in [-0.3, -0.25) is 4.79 Å². The van der Waals surface area contributed by atoms with E-state index in [1.807, 2.05) is 18.9 Å². The van der Waals surface area contributed by atoms with Crippen LogP contribution < -0.4 is 5.32 Å². The summed E-state index contributed by atoms with van der Waals surface area (Å²) in [6, 6.07) is 0.447. The van der Waals surface area contributed by atoms with Gasteiger partial charge in [0.15, 0.2) is 0 Å². The van der Waals surface area contributed by atoms with Gasteiger partial charge < -0.3 is 10.2 Å². The Balaban J connectivity index is 0.00000128. The summed E-state index contributed by atoms with van der Waals surface area (Å²) in [6.07, 6.45) is 2.72. The van der Waals surface area contributed by atoms with E-state index in [0.29, 0.717) is 6.04 Å². The van der Waals surface area contributed by atoms with E-state index in [9.17, 15) is 4.79 Å². The molecule has 1 aromatic heterocycles. The Hall–Kier alpha value is -0.650. The van der Waals surface area contributed by atoms with Crippen LogP contribution in [0.5, 0.6) is 0 Å². The number of hydrogen-bond donors (Lipinski definition) is 1. The quantitative estimate of drug-likeness (QED) is 0.873. The number of hydrogen-bond acceptors (Lipinski definition) is 4. The van der Waals surface area contributed by atoms with Gasteiger partial charge in [-0.1, -0.05) is 0 Å². The first-order chi connectivity index (χ1) is 7.20. The maximum absolute atomic E-state index is 12.0. The number of amides is 1. The average molecular weight is 262 g/mol. The predicted octanol–water partition coefficient (Wildman–Crippen LogP) is 1.31. The number of thiazole rings is 1. The smallest absolute Gasteiger partial charge is 0.265 e. The molecule has 2 rings (SSSR count). The lowest BCUT2D eigenvalue weighted by Crippen LogP contribution is -2.33. The largest absolute Gasteiger partial charge is 0.336 e. The molecule has 1 saturated heterocycles. The minimum atomic E-state index is 0. The van der Waals surface area contributed by atoms with Crippen LogP contribution >= 0.6 is 23.7 Å². The van der Waals surface area contributed by atoms with Gasteiger partial charge in [-0.25, -0.2) is 4.98 Å². The zero-order valence-electron chi connectivity index (χ0n) is 9.40. The number of aryl methyl sites for hydroxylation is 1. The van der Waals surface area contributed by atoms with E-state index in [0.717, 1.165) is 29.4 Å². The standard InChI is InChI=1S/C10H15N3OS.ClH/c1-7-12-5-9(15-7)10(14)13-4-3-8(6-13)11-2;/h5,8,11H,3-4,6H2,1-2H3;1H. The molecule has 1 N–H and O–H groups in total. The van der Waals surface area contributed by atoms with Crippen LogP contribution in [0.25, 0.3) is 0 Å². The Kier molecular flexibility index (Phi) is 4.70. The molecule has 1 amide bonds. The summed E-state index contributed by atoms with van der Waals surface area (Å²) in [7, 11) is 1.94. The van der Waals surface area contributed by atoms with Gasteiger partial charge in [-0.2, -0.15) is 0 Å². The third-order valence-corrected chi connectivity index (χ3v) is 3.62. The number of carbonyl (C=O) groups excluding carboxylic acids is 1. The van der Waals surface area contributed by atoms with E-state index in [2.05, 4.69) is 10.3 Å². The molecular weight excluding hydrogens is 246 g/mol. The molecular formula is C10H16ClN3OS. The van der Waals surface area contributed by atoms with Gasteiger partial charge in [0.1, 0.15) is 4.88 Å². The SMILES string of the molecule is CNC1CCN(C(=O)c2cnc(C)s2)C1.Cl. The number of likely N-dealkylation sites (N-methyl/N-ethyl adjacent to an activating group) is 1. The number of rotatable bonds is 2. The fourth-order valence-corrected chi connectivity index (χ4v) is 2.54. The monoisotopic (exact) mass is 261 g/mol. The van der Waals surface area contributed by atoms with Crippen LogP contribution in [0, 0.1) is 6.92 Å². The summed E-state index contributed by atoms with van der Waals surface area (Å²) in [5.74, 6) is 0.123. The Bertz CT molecular complexity index is 369. The van der Waals surface area contributed by atoms with Crippen molar-refractivity contribution in [3.05, 3.63) is 16.1 Å². The first kappa shape index (κ1) is 13.4. The van der Waals surface area contributed by atoms with Gasteiger partial charge in [-0.15, -0.1) is 23.7 Å². The number of nitrogens with zero attached hydrogens (tertiary/aromatic N) is 2. The maximum atomic E-state index is 12.0. The summed E-state index contributed by atoms with van der Waals surface area (Å²) in [6.45, 7) is 3.58. The maximum Gasteiger partial charge on any atom is 0.265 e. The first-order valence-electron chi connectivity index (χ1n) is 5.09. The fourth-order valence-electron chi connectivity index (χ4n) is 1.80. The Morgan fingerprint density at radius 1 is 1.69 bits per heavy atom. The lowest BCUT2D eigenvalue weighted by atomic mass is 10.3. The Morgan fingerprint density at radius 3 is 2.94 bits per heavy atom. The van der Waals surface area contributed by atoms with Crippen molar-refractivity contribution in [1.82, 2.24) is 15.2 Å². The number of carbonyl (C=O) groups is 1. The molecule has 6 heteroatoms. The summed E-state index contributed by atoms with van der Waals surface area (Å²) >= 11 is 1.47. The molecule has 0 aromatic carbocycles. The number of likely N-dealkylation sites (tertiary alicyclic amines) is 1. The van der Waals surface area contributed by atoms with E-state index in [1.54, 1.807) is 6.20 Å². The lowest BCUT2D eigenvalue weighted by molar-refractivity contribution is 0.0794. The summed E-state index contributed by atoms with van der Waals surface area (Å²) in [5.41, 5.74) is 0. The van der Waals surface area contributed by atoms with Crippen LogP contribution in [0.4, 0.5) is 0 Å². The molecule has 16 heavy (non-hydrogen) atoms. The highest BCUT2D eigenvalue weighted by atomic mass is 35.5. The number of nitrogens with one attached hydrogen (secondary N) is 1. The zero-order valence-corrected chi connectivity index (χ0v) is 11.0. The fraction of sp³-hybridized carbons (Fsp3) is 0.600. The molecule has 1 unspecified atom stereocenters. The van der Waals surface area contributed by atoms with E-state index in [-0.39, 0.29) is 18.3 Å². The van der Waals surface area contributed by atoms with Crippen LogP contribution in [0.2, 0.25) is 0 Å².